The summed E-state index contributed by atoms with van der Waals surface area (Å²) in [7, 11) is 1.83. The normalized spacial score (nSPS) is 12.1. The number of nitrogens with zero attached hydrogens (tertiary/aromatic N) is 4. The van der Waals surface area contributed by atoms with Crippen LogP contribution in [0.5, 0.6) is 11.5 Å². The average molecular weight is 324 g/mol. The van der Waals surface area contributed by atoms with Gasteiger partial charge in [0.25, 0.3) is 0 Å². The average Bonchev–Trinajstić information content (AvgIpc) is 2.61. The predicted octanol–water partition coefficient (Wildman–Crippen LogP) is 3.09. The van der Waals surface area contributed by atoms with E-state index in [9.17, 15) is 0 Å². The lowest BCUT2D eigenvalue weighted by Gasteiger charge is -2.22. The summed E-state index contributed by atoms with van der Waals surface area (Å²) in [6.45, 7) is 2.63. The summed E-state index contributed by atoms with van der Waals surface area (Å²) in [5.41, 5.74) is 0. The van der Waals surface area contributed by atoms with E-state index in [1.807, 2.05) is 56.4 Å². The van der Waals surface area contributed by atoms with Gasteiger partial charge in [0.1, 0.15) is 11.5 Å². The van der Waals surface area contributed by atoms with Crippen molar-refractivity contribution in [3.8, 4) is 17.7 Å². The van der Waals surface area contributed by atoms with Crippen LogP contribution in [0.3, 0.4) is 0 Å². The molecule has 1 aromatic carbocycles. The SMILES string of the molecule is CC(CCN(C)C(=NC#N)Oc1ccccc1)Oc1ccncc1. The Morgan fingerprint density at radius 3 is 2.58 bits per heavy atom. The molecular formula is C18H20N4O2. The molecule has 0 bridgehead atoms. The first-order chi connectivity index (χ1) is 11.7. The Bertz CT molecular complexity index is 683. The maximum absolute atomic E-state index is 8.86. The van der Waals surface area contributed by atoms with E-state index in [0.29, 0.717) is 12.3 Å². The number of aliphatic imine (C=N–C) groups is 1. The fourth-order valence-corrected chi connectivity index (χ4v) is 2.00. The van der Waals surface area contributed by atoms with Crippen LogP contribution in [0.25, 0.3) is 0 Å². The molecule has 6 nitrogen and oxygen atoms in total. The van der Waals surface area contributed by atoms with Gasteiger partial charge in [-0.1, -0.05) is 18.2 Å². The number of rotatable bonds is 6. The zero-order chi connectivity index (χ0) is 17.2. The first kappa shape index (κ1) is 17.3. The van der Waals surface area contributed by atoms with Crippen LogP contribution in [0, 0.1) is 11.5 Å². The topological polar surface area (TPSA) is 70.7 Å². The predicted molar refractivity (Wildman–Crippen MR) is 91.7 cm³/mol. The Morgan fingerprint density at radius 1 is 1.21 bits per heavy atom. The molecule has 1 atom stereocenters. The number of hydrogen-bond acceptors (Lipinski definition) is 5. The van der Waals surface area contributed by atoms with Crippen molar-refractivity contribution in [2.75, 3.05) is 13.6 Å². The largest absolute Gasteiger partial charge is 0.491 e. The second kappa shape index (κ2) is 9.16. The summed E-state index contributed by atoms with van der Waals surface area (Å²) in [6.07, 6.45) is 5.93. The third-order valence-corrected chi connectivity index (χ3v) is 3.28. The van der Waals surface area contributed by atoms with Crippen molar-refractivity contribution >= 4 is 6.02 Å². The molecule has 0 radical (unpaired) electrons. The Morgan fingerprint density at radius 2 is 1.92 bits per heavy atom. The van der Waals surface area contributed by atoms with Gasteiger partial charge in [0, 0.05) is 32.4 Å². The highest BCUT2D eigenvalue weighted by atomic mass is 16.5. The number of nitriles is 1. The Balaban J connectivity index is 1.87. The van der Waals surface area contributed by atoms with E-state index < -0.39 is 0 Å². The first-order valence-electron chi connectivity index (χ1n) is 7.66. The summed E-state index contributed by atoms with van der Waals surface area (Å²) in [4.78, 5) is 9.51. The van der Waals surface area contributed by atoms with Crippen molar-refractivity contribution in [1.29, 1.82) is 5.26 Å². The van der Waals surface area contributed by atoms with E-state index in [1.54, 1.807) is 23.5 Å². The molecule has 0 aliphatic carbocycles. The summed E-state index contributed by atoms with van der Waals surface area (Å²) >= 11 is 0. The Hall–Kier alpha value is -3.07. The number of benzene rings is 1. The minimum absolute atomic E-state index is 0.00918. The number of para-hydroxylation sites is 1. The van der Waals surface area contributed by atoms with Crippen LogP contribution in [0.2, 0.25) is 0 Å². The fraction of sp³-hybridized carbons (Fsp3) is 0.278. The van der Waals surface area contributed by atoms with Crippen molar-refractivity contribution in [3.05, 3.63) is 54.9 Å². The lowest BCUT2D eigenvalue weighted by Crippen LogP contribution is -2.34. The maximum atomic E-state index is 8.86. The lowest BCUT2D eigenvalue weighted by molar-refractivity contribution is 0.198. The van der Waals surface area contributed by atoms with Gasteiger partial charge in [0.2, 0.25) is 6.19 Å². The van der Waals surface area contributed by atoms with Gasteiger partial charge in [0.05, 0.1) is 6.10 Å². The molecule has 0 aliphatic heterocycles. The van der Waals surface area contributed by atoms with Crippen LogP contribution >= 0.6 is 0 Å². The molecule has 24 heavy (non-hydrogen) atoms. The quantitative estimate of drug-likeness (QED) is 0.464. The molecule has 0 saturated carbocycles. The van der Waals surface area contributed by atoms with Crippen LogP contribution in [0.1, 0.15) is 13.3 Å². The number of pyridine rings is 1. The van der Waals surface area contributed by atoms with Crippen LogP contribution in [-0.4, -0.2) is 35.6 Å². The highest BCUT2D eigenvalue weighted by molar-refractivity contribution is 5.77. The van der Waals surface area contributed by atoms with Gasteiger partial charge >= 0.3 is 6.02 Å². The van der Waals surface area contributed by atoms with E-state index >= 15 is 0 Å². The molecule has 2 rings (SSSR count). The van der Waals surface area contributed by atoms with Gasteiger partial charge in [-0.25, -0.2) is 0 Å². The zero-order valence-electron chi connectivity index (χ0n) is 13.8. The van der Waals surface area contributed by atoms with Gasteiger partial charge in [-0.2, -0.15) is 5.26 Å². The molecule has 0 saturated heterocycles. The van der Waals surface area contributed by atoms with Crippen LogP contribution in [-0.2, 0) is 0 Å². The highest BCUT2D eigenvalue weighted by Gasteiger charge is 2.12. The number of hydrogen-bond donors (Lipinski definition) is 0. The number of ether oxygens (including phenoxy) is 2. The third kappa shape index (κ3) is 5.61. The summed E-state index contributed by atoms with van der Waals surface area (Å²) in [5, 5.41) is 8.86. The molecule has 0 aliphatic rings. The molecule has 6 heteroatoms. The number of amidine groups is 1. The van der Waals surface area contributed by atoms with Gasteiger partial charge in [-0.3, -0.25) is 4.98 Å². The number of aromatic nitrogens is 1. The molecule has 124 valence electrons. The van der Waals surface area contributed by atoms with Gasteiger partial charge in [-0.15, -0.1) is 4.99 Å². The molecule has 0 N–H and O–H groups in total. The molecule has 1 heterocycles. The van der Waals surface area contributed by atoms with Gasteiger partial charge in [-0.05, 0) is 31.2 Å². The van der Waals surface area contributed by atoms with Gasteiger partial charge in [0.15, 0.2) is 0 Å². The van der Waals surface area contributed by atoms with E-state index in [2.05, 4.69) is 9.98 Å². The standard InChI is InChI=1S/C18H20N4O2/c1-15(23-17-8-11-20-12-9-17)10-13-22(2)18(21-14-19)24-16-6-4-3-5-7-16/h3-9,11-12,15H,10,13H2,1-2H3. The second-order valence-electron chi connectivity index (χ2n) is 5.23. The van der Waals surface area contributed by atoms with Crippen molar-refractivity contribution in [3.63, 3.8) is 0 Å². The molecule has 1 unspecified atom stereocenters. The van der Waals surface area contributed by atoms with Crippen LogP contribution in [0.4, 0.5) is 0 Å². The van der Waals surface area contributed by atoms with Crippen molar-refractivity contribution < 1.29 is 9.47 Å². The second-order valence-corrected chi connectivity index (χ2v) is 5.23. The van der Waals surface area contributed by atoms with E-state index in [-0.39, 0.29) is 12.1 Å². The minimum Gasteiger partial charge on any atom is -0.491 e. The van der Waals surface area contributed by atoms with Crippen molar-refractivity contribution in [2.45, 2.75) is 19.4 Å². The van der Waals surface area contributed by atoms with E-state index in [1.165, 1.54) is 0 Å². The van der Waals surface area contributed by atoms with Crippen LogP contribution in [0.15, 0.2) is 59.9 Å². The molecule has 1 aromatic heterocycles. The van der Waals surface area contributed by atoms with Crippen molar-refractivity contribution in [1.82, 2.24) is 9.88 Å². The third-order valence-electron chi connectivity index (χ3n) is 3.28. The smallest absolute Gasteiger partial charge is 0.308 e. The highest BCUT2D eigenvalue weighted by Crippen LogP contribution is 2.13. The van der Waals surface area contributed by atoms with Gasteiger partial charge < -0.3 is 14.4 Å². The fourth-order valence-electron chi connectivity index (χ4n) is 2.00. The maximum Gasteiger partial charge on any atom is 0.308 e. The van der Waals surface area contributed by atoms with Crippen molar-refractivity contribution in [2.24, 2.45) is 4.99 Å². The Labute approximate surface area is 142 Å². The molecule has 0 fully saturated rings. The molecule has 2 aromatic rings. The lowest BCUT2D eigenvalue weighted by atomic mass is 10.2. The first-order valence-corrected chi connectivity index (χ1v) is 7.66. The zero-order valence-corrected chi connectivity index (χ0v) is 13.8. The summed E-state index contributed by atoms with van der Waals surface area (Å²) in [6, 6.07) is 13.2. The molecular weight excluding hydrogens is 304 g/mol. The van der Waals surface area contributed by atoms with Crippen LogP contribution < -0.4 is 9.47 Å². The molecule has 0 spiro atoms. The monoisotopic (exact) mass is 324 g/mol. The summed E-state index contributed by atoms with van der Waals surface area (Å²) < 4.78 is 11.5. The minimum atomic E-state index is 0.00918. The van der Waals surface area contributed by atoms with E-state index in [4.69, 9.17) is 14.7 Å². The Kier molecular flexibility index (Phi) is 6.59. The molecule has 0 amide bonds. The van der Waals surface area contributed by atoms with E-state index in [0.717, 1.165) is 12.2 Å². The summed E-state index contributed by atoms with van der Waals surface area (Å²) in [5.74, 6) is 1.42.